The Bertz CT molecular complexity index is 608. The number of hydrogen-bond acceptors (Lipinski definition) is 6. The largest absolute Gasteiger partial charge is 0.491 e. The number of rotatable bonds is 8. The van der Waals surface area contributed by atoms with E-state index in [1.165, 1.54) is 4.88 Å². The Kier molecular flexibility index (Phi) is 6.38. The third-order valence-corrected chi connectivity index (χ3v) is 4.12. The lowest BCUT2D eigenvalue weighted by Crippen LogP contribution is -2.26. The Balaban J connectivity index is 2.07. The van der Waals surface area contributed by atoms with E-state index in [4.69, 9.17) is 10.5 Å². The molecule has 0 aliphatic carbocycles. The van der Waals surface area contributed by atoms with E-state index in [9.17, 15) is 0 Å². The SMILES string of the molecule is CC(C)Oc1ccc(-c2nc(N)sc2CNCCN(C)C)cc1. The molecule has 126 valence electrons. The molecule has 1 aromatic heterocycles. The summed E-state index contributed by atoms with van der Waals surface area (Å²) >= 11 is 1.54. The van der Waals surface area contributed by atoms with Crippen LogP contribution in [0, 0.1) is 0 Å². The molecule has 0 amide bonds. The van der Waals surface area contributed by atoms with Crippen LogP contribution in [-0.2, 0) is 6.54 Å². The molecule has 0 aliphatic heterocycles. The molecule has 0 fully saturated rings. The summed E-state index contributed by atoms with van der Waals surface area (Å²) in [6.07, 6.45) is 0.173. The number of benzene rings is 1. The maximum atomic E-state index is 5.91. The van der Waals surface area contributed by atoms with Crippen LogP contribution in [0.5, 0.6) is 5.75 Å². The Labute approximate surface area is 142 Å². The minimum atomic E-state index is 0.173. The summed E-state index contributed by atoms with van der Waals surface area (Å²) in [6.45, 7) is 6.76. The summed E-state index contributed by atoms with van der Waals surface area (Å²) < 4.78 is 5.68. The molecule has 1 aromatic carbocycles. The molecule has 0 spiro atoms. The summed E-state index contributed by atoms with van der Waals surface area (Å²) in [5.74, 6) is 0.873. The van der Waals surface area contributed by atoms with Gasteiger partial charge in [0.15, 0.2) is 5.13 Å². The van der Waals surface area contributed by atoms with Crippen molar-refractivity contribution in [3.8, 4) is 17.0 Å². The first-order valence-electron chi connectivity index (χ1n) is 7.83. The molecule has 0 saturated carbocycles. The van der Waals surface area contributed by atoms with E-state index >= 15 is 0 Å². The van der Waals surface area contributed by atoms with Crippen molar-refractivity contribution in [2.24, 2.45) is 0 Å². The maximum absolute atomic E-state index is 5.91. The third kappa shape index (κ3) is 5.49. The molecule has 2 rings (SSSR count). The minimum absolute atomic E-state index is 0.173. The van der Waals surface area contributed by atoms with Crippen molar-refractivity contribution in [2.75, 3.05) is 32.9 Å². The highest BCUT2D eigenvalue weighted by Crippen LogP contribution is 2.30. The van der Waals surface area contributed by atoms with Crippen LogP contribution in [0.15, 0.2) is 24.3 Å². The van der Waals surface area contributed by atoms with Crippen LogP contribution in [-0.4, -0.2) is 43.2 Å². The molecule has 0 atom stereocenters. The molecular formula is C17H26N4OS. The van der Waals surface area contributed by atoms with E-state index in [0.29, 0.717) is 5.13 Å². The highest BCUT2D eigenvalue weighted by atomic mass is 32.1. The smallest absolute Gasteiger partial charge is 0.180 e. The van der Waals surface area contributed by atoms with E-state index in [1.54, 1.807) is 11.3 Å². The van der Waals surface area contributed by atoms with Gasteiger partial charge in [0.1, 0.15) is 5.75 Å². The number of ether oxygens (including phenoxy) is 1. The van der Waals surface area contributed by atoms with Gasteiger partial charge in [0, 0.05) is 30.1 Å². The molecule has 0 saturated heterocycles. The second-order valence-corrected chi connectivity index (χ2v) is 7.11. The van der Waals surface area contributed by atoms with Crippen molar-refractivity contribution in [3.05, 3.63) is 29.1 Å². The summed E-state index contributed by atoms with van der Waals surface area (Å²) in [5.41, 5.74) is 7.94. The highest BCUT2D eigenvalue weighted by Gasteiger charge is 2.12. The molecular weight excluding hydrogens is 308 g/mol. The van der Waals surface area contributed by atoms with Crippen LogP contribution in [0.1, 0.15) is 18.7 Å². The second-order valence-electron chi connectivity index (χ2n) is 5.99. The van der Waals surface area contributed by atoms with Crippen molar-refractivity contribution < 1.29 is 4.74 Å². The number of anilines is 1. The van der Waals surface area contributed by atoms with Gasteiger partial charge in [0.05, 0.1) is 11.8 Å². The van der Waals surface area contributed by atoms with E-state index in [0.717, 1.165) is 36.6 Å². The number of nitrogens with two attached hydrogens (primary N) is 1. The van der Waals surface area contributed by atoms with Gasteiger partial charge in [-0.3, -0.25) is 0 Å². The number of likely N-dealkylation sites (N-methyl/N-ethyl adjacent to an activating group) is 1. The van der Waals surface area contributed by atoms with Gasteiger partial charge < -0.3 is 20.7 Å². The van der Waals surface area contributed by atoms with Crippen molar-refractivity contribution in [3.63, 3.8) is 0 Å². The van der Waals surface area contributed by atoms with Crippen LogP contribution in [0.3, 0.4) is 0 Å². The Hall–Kier alpha value is -1.63. The van der Waals surface area contributed by atoms with Gasteiger partial charge in [-0.25, -0.2) is 4.98 Å². The second kappa shape index (κ2) is 8.29. The van der Waals surface area contributed by atoms with Crippen LogP contribution < -0.4 is 15.8 Å². The molecule has 0 radical (unpaired) electrons. The standard InChI is InChI=1S/C17H26N4OS/c1-12(2)22-14-7-5-13(6-8-14)16-15(23-17(18)20-16)11-19-9-10-21(3)4/h5-8,12,19H,9-11H2,1-4H3,(H2,18,20). The fraction of sp³-hybridized carbons (Fsp3) is 0.471. The lowest BCUT2D eigenvalue weighted by Gasteiger charge is -2.11. The zero-order valence-electron chi connectivity index (χ0n) is 14.3. The average molecular weight is 334 g/mol. The molecule has 1 heterocycles. The summed E-state index contributed by atoms with van der Waals surface area (Å²) in [6, 6.07) is 8.04. The zero-order valence-corrected chi connectivity index (χ0v) is 15.1. The third-order valence-electron chi connectivity index (χ3n) is 3.23. The van der Waals surface area contributed by atoms with Gasteiger partial charge >= 0.3 is 0 Å². The Morgan fingerprint density at radius 1 is 1.26 bits per heavy atom. The lowest BCUT2D eigenvalue weighted by atomic mass is 10.1. The molecule has 0 unspecified atom stereocenters. The van der Waals surface area contributed by atoms with Crippen molar-refractivity contribution in [2.45, 2.75) is 26.5 Å². The molecule has 5 nitrogen and oxygen atoms in total. The molecule has 0 aliphatic rings. The number of hydrogen-bond donors (Lipinski definition) is 2. The van der Waals surface area contributed by atoms with E-state index < -0.39 is 0 Å². The lowest BCUT2D eigenvalue weighted by molar-refractivity contribution is 0.242. The van der Waals surface area contributed by atoms with Gasteiger partial charge in [-0.1, -0.05) is 0 Å². The first-order chi connectivity index (χ1) is 11.0. The number of nitrogen functional groups attached to an aromatic ring is 1. The fourth-order valence-electron chi connectivity index (χ4n) is 2.18. The molecule has 2 aromatic rings. The summed E-state index contributed by atoms with van der Waals surface area (Å²) in [7, 11) is 4.14. The van der Waals surface area contributed by atoms with Crippen LogP contribution in [0.25, 0.3) is 11.3 Å². The average Bonchev–Trinajstić information content (AvgIpc) is 2.84. The normalized spacial score (nSPS) is 11.4. The van der Waals surface area contributed by atoms with Crippen LogP contribution in [0.2, 0.25) is 0 Å². The van der Waals surface area contributed by atoms with Crippen molar-refractivity contribution >= 4 is 16.5 Å². The zero-order chi connectivity index (χ0) is 16.8. The van der Waals surface area contributed by atoms with Gasteiger partial charge in [-0.2, -0.15) is 0 Å². The number of nitrogens with one attached hydrogen (secondary N) is 1. The topological polar surface area (TPSA) is 63.4 Å². The highest BCUT2D eigenvalue weighted by molar-refractivity contribution is 7.15. The van der Waals surface area contributed by atoms with Gasteiger partial charge in [-0.15, -0.1) is 11.3 Å². The first-order valence-corrected chi connectivity index (χ1v) is 8.65. The fourth-order valence-corrected chi connectivity index (χ4v) is 3.01. The van der Waals surface area contributed by atoms with Gasteiger partial charge in [0.2, 0.25) is 0 Å². The first kappa shape index (κ1) is 17.7. The van der Waals surface area contributed by atoms with E-state index in [2.05, 4.69) is 29.3 Å². The van der Waals surface area contributed by atoms with Gasteiger partial charge in [-0.05, 0) is 52.2 Å². The predicted molar refractivity (Wildman–Crippen MR) is 98.0 cm³/mol. The molecule has 0 bridgehead atoms. The number of nitrogens with zero attached hydrogens (tertiary/aromatic N) is 2. The maximum Gasteiger partial charge on any atom is 0.180 e. The van der Waals surface area contributed by atoms with Crippen LogP contribution >= 0.6 is 11.3 Å². The number of aromatic nitrogens is 1. The number of thiazole rings is 1. The quantitative estimate of drug-likeness (QED) is 0.727. The molecule has 23 heavy (non-hydrogen) atoms. The van der Waals surface area contributed by atoms with Crippen molar-refractivity contribution in [1.29, 1.82) is 0 Å². The predicted octanol–water partition coefficient (Wildman–Crippen LogP) is 2.83. The Morgan fingerprint density at radius 3 is 2.57 bits per heavy atom. The summed E-state index contributed by atoms with van der Waals surface area (Å²) in [4.78, 5) is 7.81. The van der Waals surface area contributed by atoms with Crippen LogP contribution in [0.4, 0.5) is 5.13 Å². The molecule has 3 N–H and O–H groups in total. The minimum Gasteiger partial charge on any atom is -0.491 e. The van der Waals surface area contributed by atoms with E-state index in [-0.39, 0.29) is 6.10 Å². The monoisotopic (exact) mass is 334 g/mol. The van der Waals surface area contributed by atoms with Crippen molar-refractivity contribution in [1.82, 2.24) is 15.2 Å². The molecule has 6 heteroatoms. The Morgan fingerprint density at radius 2 is 1.96 bits per heavy atom. The van der Waals surface area contributed by atoms with Gasteiger partial charge in [0.25, 0.3) is 0 Å². The summed E-state index contributed by atoms with van der Waals surface area (Å²) in [5, 5.41) is 4.05. The van der Waals surface area contributed by atoms with E-state index in [1.807, 2.05) is 38.1 Å².